The van der Waals surface area contributed by atoms with E-state index in [4.69, 9.17) is 23.2 Å². The smallest absolute Gasteiger partial charge is 0.274 e. The Labute approximate surface area is 172 Å². The lowest BCUT2D eigenvalue weighted by Gasteiger charge is -2.20. The van der Waals surface area contributed by atoms with Gasteiger partial charge in [-0.15, -0.1) is 0 Å². The molecule has 0 bridgehead atoms. The van der Waals surface area contributed by atoms with E-state index in [0.29, 0.717) is 10.6 Å². The molecular formula is C17H17Cl2N3O5S. The molecule has 0 radical (unpaired) electrons. The highest BCUT2D eigenvalue weighted by Crippen LogP contribution is 2.26. The average molecular weight is 446 g/mol. The number of nitrogens with zero attached hydrogens (tertiary/aromatic N) is 2. The van der Waals surface area contributed by atoms with Gasteiger partial charge in [-0.05, 0) is 30.7 Å². The van der Waals surface area contributed by atoms with Crippen LogP contribution in [0.4, 0.5) is 11.4 Å². The molecule has 28 heavy (non-hydrogen) atoms. The van der Waals surface area contributed by atoms with Crippen molar-refractivity contribution < 1.29 is 18.1 Å². The largest absolute Gasteiger partial charge is 0.324 e. The van der Waals surface area contributed by atoms with Crippen LogP contribution < -0.4 is 5.32 Å². The van der Waals surface area contributed by atoms with Gasteiger partial charge in [-0.25, -0.2) is 8.42 Å². The Morgan fingerprint density at radius 2 is 1.89 bits per heavy atom. The van der Waals surface area contributed by atoms with Crippen LogP contribution in [0.25, 0.3) is 0 Å². The van der Waals surface area contributed by atoms with Crippen LogP contribution in [0.2, 0.25) is 10.0 Å². The van der Waals surface area contributed by atoms with Crippen molar-refractivity contribution in [2.45, 2.75) is 13.5 Å². The molecule has 0 unspecified atom stereocenters. The zero-order valence-electron chi connectivity index (χ0n) is 15.0. The first-order valence-electron chi connectivity index (χ1n) is 7.92. The first-order chi connectivity index (χ1) is 13.0. The normalized spacial score (nSPS) is 11.5. The molecule has 8 nitrogen and oxygen atoms in total. The zero-order valence-corrected chi connectivity index (χ0v) is 17.3. The first kappa shape index (κ1) is 22.1. The summed E-state index contributed by atoms with van der Waals surface area (Å²) in [7, 11) is -3.72. The summed E-state index contributed by atoms with van der Waals surface area (Å²) < 4.78 is 25.1. The molecule has 0 saturated heterocycles. The minimum Gasteiger partial charge on any atom is -0.324 e. The number of rotatable bonds is 7. The van der Waals surface area contributed by atoms with Crippen molar-refractivity contribution >= 4 is 50.5 Å². The van der Waals surface area contributed by atoms with E-state index in [2.05, 4.69) is 5.32 Å². The van der Waals surface area contributed by atoms with E-state index >= 15 is 0 Å². The maximum atomic E-state index is 12.4. The van der Waals surface area contributed by atoms with Crippen LogP contribution in [0.3, 0.4) is 0 Å². The fraction of sp³-hybridized carbons (Fsp3) is 0.235. The lowest BCUT2D eigenvalue weighted by atomic mass is 10.1. The van der Waals surface area contributed by atoms with Crippen molar-refractivity contribution in [3.63, 3.8) is 0 Å². The summed E-state index contributed by atoms with van der Waals surface area (Å²) in [6.07, 6.45) is 0.983. The van der Waals surface area contributed by atoms with Crippen molar-refractivity contribution in [3.05, 3.63) is 67.7 Å². The first-order valence-corrected chi connectivity index (χ1v) is 10.5. The molecule has 0 spiro atoms. The van der Waals surface area contributed by atoms with Gasteiger partial charge in [0.2, 0.25) is 15.9 Å². The molecule has 0 fully saturated rings. The number of anilines is 1. The quantitative estimate of drug-likeness (QED) is 0.516. The van der Waals surface area contributed by atoms with Gasteiger partial charge in [0, 0.05) is 12.6 Å². The summed E-state index contributed by atoms with van der Waals surface area (Å²) in [6, 6.07) is 8.92. The van der Waals surface area contributed by atoms with Crippen LogP contribution >= 0.6 is 23.2 Å². The van der Waals surface area contributed by atoms with E-state index in [-0.39, 0.29) is 28.5 Å². The number of hydrogen-bond acceptors (Lipinski definition) is 5. The zero-order chi connectivity index (χ0) is 21.1. The Morgan fingerprint density at radius 3 is 2.46 bits per heavy atom. The molecule has 2 rings (SSSR count). The summed E-state index contributed by atoms with van der Waals surface area (Å²) in [5.41, 5.74) is 0.922. The number of halogens is 2. The van der Waals surface area contributed by atoms with E-state index in [1.165, 1.54) is 37.3 Å². The number of nitrogens with one attached hydrogen (secondary N) is 1. The van der Waals surface area contributed by atoms with Crippen LogP contribution in [0.1, 0.15) is 11.1 Å². The van der Waals surface area contributed by atoms with Crippen molar-refractivity contribution in [2.75, 3.05) is 18.1 Å². The van der Waals surface area contributed by atoms with Gasteiger partial charge in [-0.3, -0.25) is 14.9 Å². The molecule has 0 aliphatic rings. The van der Waals surface area contributed by atoms with Crippen molar-refractivity contribution in [3.8, 4) is 0 Å². The van der Waals surface area contributed by atoms with Crippen LogP contribution in [0, 0.1) is 17.0 Å². The van der Waals surface area contributed by atoms with Gasteiger partial charge in [0.25, 0.3) is 5.69 Å². The molecule has 0 atom stereocenters. The molecule has 2 aromatic rings. The van der Waals surface area contributed by atoms with Gasteiger partial charge in [0.05, 0.1) is 39.0 Å². The highest BCUT2D eigenvalue weighted by Gasteiger charge is 2.22. The number of carbonyl (C=O) groups is 1. The Bertz CT molecular complexity index is 1030. The molecule has 2 aromatic carbocycles. The molecule has 0 saturated carbocycles. The van der Waals surface area contributed by atoms with Crippen LogP contribution in [-0.2, 0) is 21.4 Å². The van der Waals surface area contributed by atoms with Crippen molar-refractivity contribution in [1.82, 2.24) is 4.31 Å². The molecule has 0 aromatic heterocycles. The number of sulfonamides is 1. The van der Waals surface area contributed by atoms with Crippen LogP contribution in [-0.4, -0.2) is 36.4 Å². The molecule has 1 amide bonds. The SMILES string of the molecule is Cc1c(NC(=O)CN(Cc2ccc(Cl)c(Cl)c2)S(C)(=O)=O)cccc1[N+](=O)[O-]. The summed E-state index contributed by atoms with van der Waals surface area (Å²) in [4.78, 5) is 22.8. The van der Waals surface area contributed by atoms with Crippen LogP contribution in [0.15, 0.2) is 36.4 Å². The number of hydrogen-bond donors (Lipinski definition) is 1. The van der Waals surface area contributed by atoms with Crippen molar-refractivity contribution in [2.24, 2.45) is 0 Å². The van der Waals surface area contributed by atoms with Gasteiger partial charge in [0.1, 0.15) is 0 Å². The lowest BCUT2D eigenvalue weighted by molar-refractivity contribution is -0.385. The Kier molecular flexibility index (Phi) is 7.00. The molecule has 1 N–H and O–H groups in total. The van der Waals surface area contributed by atoms with Gasteiger partial charge >= 0.3 is 0 Å². The van der Waals surface area contributed by atoms with Gasteiger partial charge < -0.3 is 5.32 Å². The summed E-state index contributed by atoms with van der Waals surface area (Å²) in [5, 5.41) is 14.1. The Balaban J connectivity index is 2.19. The molecule has 11 heteroatoms. The number of benzene rings is 2. The minimum atomic E-state index is -3.72. The molecular weight excluding hydrogens is 429 g/mol. The summed E-state index contributed by atoms with van der Waals surface area (Å²) in [5.74, 6) is -0.630. The van der Waals surface area contributed by atoms with E-state index in [0.717, 1.165) is 10.6 Å². The van der Waals surface area contributed by atoms with E-state index in [1.807, 2.05) is 0 Å². The topological polar surface area (TPSA) is 110 Å². The average Bonchev–Trinajstić information content (AvgIpc) is 2.58. The third kappa shape index (κ3) is 5.65. The molecule has 0 aliphatic heterocycles. The minimum absolute atomic E-state index is 0.0862. The maximum absolute atomic E-state index is 12.4. The van der Waals surface area contributed by atoms with Gasteiger partial charge in [-0.2, -0.15) is 4.31 Å². The highest BCUT2D eigenvalue weighted by atomic mass is 35.5. The lowest BCUT2D eigenvalue weighted by Crippen LogP contribution is -2.37. The second-order valence-electron chi connectivity index (χ2n) is 6.03. The molecule has 150 valence electrons. The number of amides is 1. The summed E-state index contributed by atoms with van der Waals surface area (Å²) >= 11 is 11.8. The Morgan fingerprint density at radius 1 is 1.21 bits per heavy atom. The molecule has 0 aliphatic carbocycles. The van der Waals surface area contributed by atoms with Crippen LogP contribution in [0.5, 0.6) is 0 Å². The van der Waals surface area contributed by atoms with E-state index < -0.39 is 27.4 Å². The monoisotopic (exact) mass is 445 g/mol. The number of carbonyl (C=O) groups excluding carboxylic acids is 1. The fourth-order valence-electron chi connectivity index (χ4n) is 2.44. The van der Waals surface area contributed by atoms with Gasteiger partial charge in [0.15, 0.2) is 0 Å². The van der Waals surface area contributed by atoms with E-state index in [9.17, 15) is 23.3 Å². The van der Waals surface area contributed by atoms with E-state index in [1.54, 1.807) is 6.07 Å². The number of nitro benzene ring substituents is 1. The predicted molar refractivity (Wildman–Crippen MR) is 108 cm³/mol. The van der Waals surface area contributed by atoms with Crippen molar-refractivity contribution in [1.29, 1.82) is 0 Å². The third-order valence-electron chi connectivity index (χ3n) is 3.91. The number of nitro groups is 1. The summed E-state index contributed by atoms with van der Waals surface area (Å²) in [6.45, 7) is 0.941. The maximum Gasteiger partial charge on any atom is 0.274 e. The second kappa shape index (κ2) is 8.87. The van der Waals surface area contributed by atoms with Gasteiger partial charge in [-0.1, -0.05) is 35.3 Å². The Hall–Kier alpha value is -2.20. The standard InChI is InChI=1S/C17H17Cl2N3O5S/c1-11-15(4-3-5-16(11)22(24)25)20-17(23)10-21(28(2,26)27)9-12-6-7-13(18)14(19)8-12/h3-8H,9-10H2,1-2H3,(H,20,23). The predicted octanol–water partition coefficient (Wildman–Crippen LogP) is 3.61. The fourth-order valence-corrected chi connectivity index (χ4v) is 3.49. The second-order valence-corrected chi connectivity index (χ2v) is 8.83. The highest BCUT2D eigenvalue weighted by molar-refractivity contribution is 7.88. The molecule has 0 heterocycles. The third-order valence-corrected chi connectivity index (χ3v) is 5.84.